The quantitative estimate of drug-likeness (QED) is 0.0829. The molecule has 58 heavy (non-hydrogen) atoms. The largest absolute Gasteiger partial charge is 3.00 e. The first-order chi connectivity index (χ1) is 26.4. The van der Waals surface area contributed by atoms with Gasteiger partial charge in [-0.3, -0.25) is 20.2 Å². The van der Waals surface area contributed by atoms with Crippen molar-refractivity contribution in [3.63, 3.8) is 0 Å². The van der Waals surface area contributed by atoms with Gasteiger partial charge in [0.25, 0.3) is 11.4 Å². The van der Waals surface area contributed by atoms with Gasteiger partial charge in [0, 0.05) is 35.0 Å². The third-order valence-electron chi connectivity index (χ3n) is 7.91. The van der Waals surface area contributed by atoms with Crippen molar-refractivity contribution < 1.29 is 83.2 Å². The zero-order chi connectivity index (χ0) is 40.9. The maximum atomic E-state index is 12.0. The standard InChI is InChI=1S/2C17H14N5O5S.Co.Na/c2*1-19-28(26,27)12-5-2-10-3-6-14(18)17(13(10)9-12)21-20-15-7-4-11(22(24)25)8-16(15)23;;/h2*2-9,19H,1H3,(H2-,18,20,21,23);;/q2*-1;+3;+1/p-2. The van der Waals surface area contributed by atoms with Crippen LogP contribution in [0, 0.1) is 20.2 Å². The second kappa shape index (κ2) is 19.2. The second-order valence-electron chi connectivity index (χ2n) is 11.3. The Kier molecular flexibility index (Phi) is 15.5. The summed E-state index contributed by atoms with van der Waals surface area (Å²) >= 11 is 0. The van der Waals surface area contributed by atoms with E-state index in [1.807, 2.05) is 0 Å². The van der Waals surface area contributed by atoms with Crippen LogP contribution in [0.1, 0.15) is 0 Å². The Balaban J connectivity index is 0.000000300. The summed E-state index contributed by atoms with van der Waals surface area (Å²) in [6.07, 6.45) is 0. The van der Waals surface area contributed by atoms with Gasteiger partial charge < -0.3 is 21.7 Å². The van der Waals surface area contributed by atoms with Crippen LogP contribution >= 0.6 is 0 Å². The van der Waals surface area contributed by atoms with E-state index in [1.54, 1.807) is 24.3 Å². The molecule has 0 unspecified atom stereocenters. The number of sulfonamides is 2. The van der Waals surface area contributed by atoms with Crippen molar-refractivity contribution in [2.75, 3.05) is 14.1 Å². The van der Waals surface area contributed by atoms with Crippen LogP contribution in [0.4, 0.5) is 45.5 Å². The van der Waals surface area contributed by atoms with Crippen LogP contribution in [-0.4, -0.2) is 40.8 Å². The molecule has 0 aliphatic rings. The molecule has 6 aromatic carbocycles. The van der Waals surface area contributed by atoms with Crippen molar-refractivity contribution >= 4 is 87.1 Å². The van der Waals surface area contributed by atoms with Gasteiger partial charge in [0.05, 0.1) is 42.4 Å². The van der Waals surface area contributed by atoms with E-state index in [0.717, 1.165) is 36.4 Å². The van der Waals surface area contributed by atoms with Crippen LogP contribution in [-0.2, 0) is 36.8 Å². The molecule has 6 rings (SSSR count). The summed E-state index contributed by atoms with van der Waals surface area (Å²) in [6, 6.07) is 21.2. The van der Waals surface area contributed by atoms with Crippen LogP contribution in [0.25, 0.3) is 33.0 Å². The second-order valence-corrected chi connectivity index (χ2v) is 15.1. The first-order valence-corrected chi connectivity index (χ1v) is 18.6. The Hall–Kier alpha value is -5.63. The topological polar surface area (TPSA) is 322 Å². The zero-order valence-electron chi connectivity index (χ0n) is 30.2. The fourth-order valence-electron chi connectivity index (χ4n) is 4.96. The van der Waals surface area contributed by atoms with Crippen LogP contribution in [0.15, 0.2) is 127 Å². The molecule has 0 spiro atoms. The minimum atomic E-state index is -3.70. The molecule has 6 aromatic rings. The maximum Gasteiger partial charge on any atom is 3.00 e. The number of benzene rings is 6. The Bertz CT molecular complexity index is 2660. The molecule has 0 amide bonds. The molecule has 294 valence electrons. The molecule has 0 aliphatic heterocycles. The summed E-state index contributed by atoms with van der Waals surface area (Å²) in [5.74, 6) is -1.38. The number of nitro benzene ring substituents is 2. The van der Waals surface area contributed by atoms with E-state index in [-0.39, 0.29) is 102 Å². The van der Waals surface area contributed by atoms with Crippen LogP contribution < -0.4 is 49.2 Å². The summed E-state index contributed by atoms with van der Waals surface area (Å²) in [7, 11) is -4.84. The van der Waals surface area contributed by atoms with Crippen molar-refractivity contribution in [1.29, 1.82) is 0 Å². The van der Waals surface area contributed by atoms with Gasteiger partial charge in [0.2, 0.25) is 20.0 Å². The molecule has 0 atom stereocenters. The molecule has 0 bridgehead atoms. The summed E-state index contributed by atoms with van der Waals surface area (Å²) in [4.78, 5) is 20.0. The van der Waals surface area contributed by atoms with Gasteiger partial charge in [-0.2, -0.15) is 20.5 Å². The van der Waals surface area contributed by atoms with Crippen LogP contribution in [0.5, 0.6) is 11.5 Å². The van der Waals surface area contributed by atoms with E-state index in [2.05, 4.69) is 29.9 Å². The fourth-order valence-corrected chi connectivity index (χ4v) is 6.47. The van der Waals surface area contributed by atoms with E-state index in [1.165, 1.54) is 50.5 Å². The van der Waals surface area contributed by atoms with Crippen LogP contribution in [0.3, 0.4) is 0 Å². The average Bonchev–Trinajstić information content (AvgIpc) is 3.17. The molecule has 0 fully saturated rings. The molecule has 20 nitrogen and oxygen atoms in total. The van der Waals surface area contributed by atoms with Crippen molar-refractivity contribution in [3.05, 3.63) is 129 Å². The summed E-state index contributed by atoms with van der Waals surface area (Å²) in [5, 5.41) is 62.8. The third kappa shape index (κ3) is 10.5. The fraction of sp³-hybridized carbons (Fsp3) is 0.0588. The molecular weight excluding hydrogens is 854 g/mol. The average molecular weight is 881 g/mol. The van der Waals surface area contributed by atoms with Gasteiger partial charge >= 0.3 is 46.3 Å². The van der Waals surface area contributed by atoms with Gasteiger partial charge in [0.1, 0.15) is 0 Å². The Morgan fingerprint density at radius 3 is 1.21 bits per heavy atom. The number of fused-ring (bicyclic) bond motifs is 2. The van der Waals surface area contributed by atoms with Crippen molar-refractivity contribution in [2.24, 2.45) is 20.5 Å². The summed E-state index contributed by atoms with van der Waals surface area (Å²) in [5.41, 5.74) is 15.2. The number of hydrogen-bond donors (Lipinski definition) is 2. The summed E-state index contributed by atoms with van der Waals surface area (Å²) in [6.45, 7) is 0. The minimum absolute atomic E-state index is 0. The Labute approximate surface area is 362 Å². The van der Waals surface area contributed by atoms with Gasteiger partial charge in [-0.05, 0) is 61.3 Å². The number of hydrogen-bond acceptors (Lipinski definition) is 14. The maximum absolute atomic E-state index is 12.0. The molecule has 24 heteroatoms. The number of nitrogens with zero attached hydrogens (tertiary/aromatic N) is 6. The van der Waals surface area contributed by atoms with E-state index < -0.39 is 41.4 Å². The first kappa shape index (κ1) is 46.7. The van der Waals surface area contributed by atoms with Gasteiger partial charge in [-0.25, -0.2) is 26.3 Å². The SMILES string of the molecule is CNS(=O)(=O)c1ccc2ccc([NH-])c(N=Nc3ccc([N+](=O)[O-])cc3[O-])c2c1.CNS(=O)(=O)c1ccc2ccc([NH-])c(N=Nc3ccc([N+](=O)[O-])cc3[O-])c2c1.[Co+3].[Na+]. The molecule has 0 saturated heterocycles. The van der Waals surface area contributed by atoms with Crippen molar-refractivity contribution in [2.45, 2.75) is 9.79 Å². The van der Waals surface area contributed by atoms with Gasteiger partial charge in [0.15, 0.2) is 0 Å². The minimum Gasteiger partial charge on any atom is -0.871 e. The molecule has 0 heterocycles. The molecule has 0 aliphatic carbocycles. The predicted octanol–water partition coefficient (Wildman–Crippen LogP) is 4.66. The molecule has 0 saturated carbocycles. The number of nitro groups is 2. The molecular formula is C34H26CoN10NaO10S2. The monoisotopic (exact) mass is 880 g/mol. The smallest absolute Gasteiger partial charge is 0.871 e. The van der Waals surface area contributed by atoms with Gasteiger partial charge in [-0.1, -0.05) is 47.9 Å². The molecule has 0 aromatic heterocycles. The number of azo groups is 2. The van der Waals surface area contributed by atoms with E-state index in [9.17, 15) is 47.3 Å². The van der Waals surface area contributed by atoms with Gasteiger partial charge in [-0.15, -0.1) is 11.4 Å². The van der Waals surface area contributed by atoms with Crippen molar-refractivity contribution in [1.82, 2.24) is 9.44 Å². The number of nitrogens with one attached hydrogen (secondary N) is 4. The third-order valence-corrected chi connectivity index (χ3v) is 10.7. The molecule has 0 radical (unpaired) electrons. The van der Waals surface area contributed by atoms with Crippen molar-refractivity contribution in [3.8, 4) is 11.5 Å². The van der Waals surface area contributed by atoms with Crippen LogP contribution in [0.2, 0.25) is 0 Å². The Morgan fingerprint density at radius 1 is 0.552 bits per heavy atom. The normalized spacial score (nSPS) is 11.5. The predicted molar refractivity (Wildman–Crippen MR) is 202 cm³/mol. The van der Waals surface area contributed by atoms with E-state index >= 15 is 0 Å². The Morgan fingerprint density at radius 2 is 0.897 bits per heavy atom. The number of rotatable bonds is 10. The molecule has 4 N–H and O–H groups in total. The van der Waals surface area contributed by atoms with E-state index in [4.69, 9.17) is 11.5 Å². The summed E-state index contributed by atoms with van der Waals surface area (Å²) < 4.78 is 52.6. The number of non-ortho nitro benzene ring substituents is 2. The van der Waals surface area contributed by atoms with E-state index in [0.29, 0.717) is 21.5 Å². The first-order valence-electron chi connectivity index (χ1n) is 15.6. The zero-order valence-corrected chi connectivity index (χ0v) is 34.8.